The van der Waals surface area contributed by atoms with Crippen molar-refractivity contribution in [2.75, 3.05) is 0 Å². The summed E-state index contributed by atoms with van der Waals surface area (Å²) in [4.78, 5) is 10.6. The fourth-order valence-corrected chi connectivity index (χ4v) is 1.04. The maximum absolute atomic E-state index is 10.6. The van der Waals surface area contributed by atoms with Crippen molar-refractivity contribution in [1.29, 1.82) is 0 Å². The fraction of sp³-hybridized carbons (Fsp3) is 0.222. The van der Waals surface area contributed by atoms with Crippen LogP contribution in [0.15, 0.2) is 24.3 Å². The molecule has 0 bridgehead atoms. The van der Waals surface area contributed by atoms with Crippen LogP contribution in [0.3, 0.4) is 0 Å². The van der Waals surface area contributed by atoms with Crippen molar-refractivity contribution >= 4 is 16.8 Å². The van der Waals surface area contributed by atoms with E-state index in [-0.39, 0.29) is 5.75 Å². The van der Waals surface area contributed by atoms with Crippen molar-refractivity contribution in [3.05, 3.63) is 29.8 Å². The average Bonchev–Trinajstić information content (AvgIpc) is 2.08. The van der Waals surface area contributed by atoms with Crippen LogP contribution in [0.25, 0.3) is 0 Å². The van der Waals surface area contributed by atoms with E-state index >= 15 is 0 Å². The number of halogens is 1. The standard InChI is InChI=1S/C9H10ClNO2/c10-9(13)8(11)5-6-1-3-7(12)4-2-6/h1-4,8,12H,5,11H2/t8-/m0/s1. The van der Waals surface area contributed by atoms with Crippen LogP contribution in [0.2, 0.25) is 0 Å². The van der Waals surface area contributed by atoms with E-state index < -0.39 is 11.3 Å². The lowest BCUT2D eigenvalue weighted by Gasteiger charge is -2.05. The minimum absolute atomic E-state index is 0.189. The molecule has 0 aliphatic heterocycles. The Morgan fingerprint density at radius 1 is 1.46 bits per heavy atom. The maximum Gasteiger partial charge on any atom is 0.238 e. The summed E-state index contributed by atoms with van der Waals surface area (Å²) in [7, 11) is 0. The molecule has 1 aromatic carbocycles. The fourth-order valence-electron chi connectivity index (χ4n) is 0.966. The largest absolute Gasteiger partial charge is 0.508 e. The zero-order valence-electron chi connectivity index (χ0n) is 6.90. The molecule has 3 N–H and O–H groups in total. The third-order valence-corrected chi connectivity index (χ3v) is 1.96. The minimum Gasteiger partial charge on any atom is -0.508 e. The van der Waals surface area contributed by atoms with Crippen molar-refractivity contribution in [3.63, 3.8) is 0 Å². The lowest BCUT2D eigenvalue weighted by molar-refractivity contribution is -0.112. The highest BCUT2D eigenvalue weighted by Crippen LogP contribution is 2.11. The Balaban J connectivity index is 2.64. The average molecular weight is 200 g/mol. The van der Waals surface area contributed by atoms with E-state index in [0.717, 1.165) is 5.56 Å². The Morgan fingerprint density at radius 2 is 2.00 bits per heavy atom. The quantitative estimate of drug-likeness (QED) is 0.715. The Hall–Kier alpha value is -1.06. The molecular weight excluding hydrogens is 190 g/mol. The Morgan fingerprint density at radius 3 is 2.46 bits per heavy atom. The molecule has 0 amide bonds. The van der Waals surface area contributed by atoms with Gasteiger partial charge >= 0.3 is 0 Å². The van der Waals surface area contributed by atoms with Crippen molar-refractivity contribution in [3.8, 4) is 5.75 Å². The molecule has 70 valence electrons. The molecule has 0 unspecified atom stereocenters. The second-order valence-corrected chi connectivity index (χ2v) is 3.15. The first kappa shape index (κ1) is 10.0. The van der Waals surface area contributed by atoms with Crippen LogP contribution in [-0.4, -0.2) is 16.4 Å². The van der Waals surface area contributed by atoms with Gasteiger partial charge in [0.05, 0.1) is 6.04 Å². The van der Waals surface area contributed by atoms with Gasteiger partial charge in [-0.3, -0.25) is 4.79 Å². The van der Waals surface area contributed by atoms with E-state index in [9.17, 15) is 4.79 Å². The molecule has 4 heteroatoms. The number of aromatic hydroxyl groups is 1. The Kier molecular flexibility index (Phi) is 3.28. The van der Waals surface area contributed by atoms with Crippen molar-refractivity contribution in [1.82, 2.24) is 0 Å². The molecule has 0 aliphatic rings. The summed E-state index contributed by atoms with van der Waals surface area (Å²) in [6.07, 6.45) is 0.391. The van der Waals surface area contributed by atoms with E-state index in [4.69, 9.17) is 22.4 Å². The van der Waals surface area contributed by atoms with Gasteiger partial charge in [0.2, 0.25) is 5.24 Å². The lowest BCUT2D eigenvalue weighted by atomic mass is 10.1. The maximum atomic E-state index is 10.6. The highest BCUT2D eigenvalue weighted by Gasteiger charge is 2.10. The number of phenolic OH excluding ortho intramolecular Hbond substituents is 1. The van der Waals surface area contributed by atoms with Crippen LogP contribution in [0.5, 0.6) is 5.75 Å². The first-order valence-corrected chi connectivity index (χ1v) is 4.20. The monoisotopic (exact) mass is 199 g/mol. The third kappa shape index (κ3) is 3.05. The number of nitrogens with two attached hydrogens (primary N) is 1. The van der Waals surface area contributed by atoms with Crippen LogP contribution in [0.4, 0.5) is 0 Å². The smallest absolute Gasteiger partial charge is 0.238 e. The number of phenols is 1. The Bertz CT molecular complexity index is 297. The molecule has 0 radical (unpaired) electrons. The molecule has 0 saturated carbocycles. The van der Waals surface area contributed by atoms with E-state index in [0.29, 0.717) is 6.42 Å². The van der Waals surface area contributed by atoms with Crippen LogP contribution >= 0.6 is 11.6 Å². The number of rotatable bonds is 3. The molecule has 1 atom stereocenters. The van der Waals surface area contributed by atoms with Crippen molar-refractivity contribution in [2.24, 2.45) is 5.73 Å². The molecule has 13 heavy (non-hydrogen) atoms. The van der Waals surface area contributed by atoms with Crippen LogP contribution in [-0.2, 0) is 11.2 Å². The predicted molar refractivity (Wildman–Crippen MR) is 50.6 cm³/mol. The van der Waals surface area contributed by atoms with Gasteiger partial charge in [-0.05, 0) is 35.7 Å². The van der Waals surface area contributed by atoms with Crippen LogP contribution < -0.4 is 5.73 Å². The summed E-state index contributed by atoms with van der Waals surface area (Å²) < 4.78 is 0. The summed E-state index contributed by atoms with van der Waals surface area (Å²) in [6, 6.07) is 5.82. The van der Waals surface area contributed by atoms with Gasteiger partial charge in [0.15, 0.2) is 0 Å². The van der Waals surface area contributed by atoms with Gasteiger partial charge in [0, 0.05) is 0 Å². The first-order chi connectivity index (χ1) is 6.09. The van der Waals surface area contributed by atoms with E-state index in [2.05, 4.69) is 0 Å². The topological polar surface area (TPSA) is 63.3 Å². The molecule has 0 aliphatic carbocycles. The van der Waals surface area contributed by atoms with Crippen molar-refractivity contribution in [2.45, 2.75) is 12.5 Å². The highest BCUT2D eigenvalue weighted by molar-refractivity contribution is 6.64. The second kappa shape index (κ2) is 4.25. The van der Waals surface area contributed by atoms with Gasteiger partial charge < -0.3 is 10.8 Å². The summed E-state index contributed by atoms with van der Waals surface area (Å²) in [5.41, 5.74) is 6.32. The zero-order valence-corrected chi connectivity index (χ0v) is 7.66. The number of hydrogen-bond acceptors (Lipinski definition) is 3. The Labute approximate surface area is 81.1 Å². The summed E-state index contributed by atoms with van der Waals surface area (Å²) in [6.45, 7) is 0. The SMILES string of the molecule is N[C@@H](Cc1ccc(O)cc1)C(=O)Cl. The molecule has 1 aromatic rings. The minimum atomic E-state index is -0.675. The molecular formula is C9H10ClNO2. The van der Waals surface area contributed by atoms with Gasteiger partial charge in [0.1, 0.15) is 5.75 Å². The first-order valence-electron chi connectivity index (χ1n) is 3.82. The molecule has 3 nitrogen and oxygen atoms in total. The normalized spacial score (nSPS) is 12.5. The molecule has 0 spiro atoms. The summed E-state index contributed by atoms with van der Waals surface area (Å²) >= 11 is 5.20. The lowest BCUT2D eigenvalue weighted by Crippen LogP contribution is -2.29. The molecule has 1 rings (SSSR count). The van der Waals surface area contributed by atoms with E-state index in [1.54, 1.807) is 24.3 Å². The van der Waals surface area contributed by atoms with E-state index in [1.807, 2.05) is 0 Å². The third-order valence-electron chi connectivity index (χ3n) is 1.68. The zero-order chi connectivity index (χ0) is 9.84. The van der Waals surface area contributed by atoms with Crippen LogP contribution in [0.1, 0.15) is 5.56 Å². The molecule has 0 heterocycles. The second-order valence-electron chi connectivity index (χ2n) is 2.78. The number of benzene rings is 1. The number of carbonyl (C=O) groups excluding carboxylic acids is 1. The van der Waals surface area contributed by atoms with Gasteiger partial charge in [-0.2, -0.15) is 0 Å². The predicted octanol–water partition coefficient (Wildman–Crippen LogP) is 1.03. The highest BCUT2D eigenvalue weighted by atomic mass is 35.5. The van der Waals surface area contributed by atoms with Crippen molar-refractivity contribution < 1.29 is 9.90 Å². The van der Waals surface area contributed by atoms with Gasteiger partial charge in [-0.1, -0.05) is 12.1 Å². The van der Waals surface area contributed by atoms with Crippen LogP contribution in [0, 0.1) is 0 Å². The molecule has 0 saturated heterocycles. The van der Waals surface area contributed by atoms with Gasteiger partial charge in [-0.15, -0.1) is 0 Å². The van der Waals surface area contributed by atoms with Gasteiger partial charge in [0.25, 0.3) is 0 Å². The summed E-state index contributed by atoms with van der Waals surface area (Å²) in [5, 5.41) is 8.43. The number of carbonyl (C=O) groups is 1. The molecule has 0 aromatic heterocycles. The van der Waals surface area contributed by atoms with E-state index in [1.165, 1.54) is 0 Å². The van der Waals surface area contributed by atoms with Gasteiger partial charge in [-0.25, -0.2) is 0 Å². The number of hydrogen-bond donors (Lipinski definition) is 2. The molecule has 0 fully saturated rings. The summed E-state index contributed by atoms with van der Waals surface area (Å²) in [5.74, 6) is 0.189.